The summed E-state index contributed by atoms with van der Waals surface area (Å²) in [4.78, 5) is 23.9. The number of hydrogen-bond acceptors (Lipinski definition) is 7. The standard InChI is InChI=1S/C22H30O8S/c1-15(19(24)5-3-7-21(26)27)22(12-4-6-20(22)25)30-14-16(23)13-29-17-8-10-18(11-9-17)31(2)28/h3,7-11,15-16,19,23-24H,4-6,12-14H2,1-2H3,(H,26,27). The van der Waals surface area contributed by atoms with Crippen LogP contribution in [0.4, 0.5) is 0 Å². The number of aliphatic carboxylic acids is 1. The number of carbonyl (C=O) groups excluding carboxylic acids is 1. The van der Waals surface area contributed by atoms with Crippen molar-refractivity contribution in [2.75, 3.05) is 19.5 Å². The first-order valence-electron chi connectivity index (χ1n) is 10.1. The van der Waals surface area contributed by atoms with E-state index in [4.69, 9.17) is 14.6 Å². The van der Waals surface area contributed by atoms with Gasteiger partial charge in [-0.3, -0.25) is 9.00 Å². The van der Waals surface area contributed by atoms with Gasteiger partial charge in [0.05, 0.1) is 12.7 Å². The maximum Gasteiger partial charge on any atom is 0.327 e. The first-order valence-corrected chi connectivity index (χ1v) is 11.7. The van der Waals surface area contributed by atoms with Gasteiger partial charge in [-0.25, -0.2) is 4.79 Å². The van der Waals surface area contributed by atoms with Crippen LogP contribution in [-0.2, 0) is 25.1 Å². The molecule has 0 spiro atoms. The fourth-order valence-electron chi connectivity index (χ4n) is 3.66. The third-order valence-electron chi connectivity index (χ3n) is 5.51. The van der Waals surface area contributed by atoms with Crippen molar-refractivity contribution in [2.45, 2.75) is 55.3 Å². The van der Waals surface area contributed by atoms with E-state index in [0.29, 0.717) is 29.9 Å². The lowest BCUT2D eigenvalue weighted by Crippen LogP contribution is -2.49. The van der Waals surface area contributed by atoms with Crippen molar-refractivity contribution in [3.63, 3.8) is 0 Å². The van der Waals surface area contributed by atoms with Crippen LogP contribution in [0, 0.1) is 5.92 Å². The van der Waals surface area contributed by atoms with Gasteiger partial charge in [-0.05, 0) is 43.5 Å². The summed E-state index contributed by atoms with van der Waals surface area (Å²) in [6, 6.07) is 6.69. The predicted octanol–water partition coefficient (Wildman–Crippen LogP) is 1.70. The van der Waals surface area contributed by atoms with Crippen LogP contribution in [0.3, 0.4) is 0 Å². The summed E-state index contributed by atoms with van der Waals surface area (Å²) >= 11 is 0. The number of aliphatic hydroxyl groups is 2. The van der Waals surface area contributed by atoms with Gasteiger partial charge < -0.3 is 24.8 Å². The van der Waals surface area contributed by atoms with Crippen LogP contribution < -0.4 is 4.74 Å². The molecular weight excluding hydrogens is 424 g/mol. The third-order valence-corrected chi connectivity index (χ3v) is 6.44. The average Bonchev–Trinajstić information content (AvgIpc) is 3.11. The topological polar surface area (TPSA) is 130 Å². The lowest BCUT2D eigenvalue weighted by atomic mass is 9.81. The fraction of sp³-hybridized carbons (Fsp3) is 0.545. The van der Waals surface area contributed by atoms with Gasteiger partial charge in [-0.1, -0.05) is 13.0 Å². The molecule has 3 N–H and O–H groups in total. The van der Waals surface area contributed by atoms with Crippen molar-refractivity contribution in [1.29, 1.82) is 0 Å². The number of hydrogen-bond donors (Lipinski definition) is 3. The third kappa shape index (κ3) is 6.96. The molecule has 1 aromatic carbocycles. The molecule has 5 unspecified atom stereocenters. The summed E-state index contributed by atoms with van der Waals surface area (Å²) in [5, 5.41) is 29.4. The first-order chi connectivity index (χ1) is 14.7. The Morgan fingerprint density at radius 3 is 2.48 bits per heavy atom. The van der Waals surface area contributed by atoms with E-state index >= 15 is 0 Å². The molecule has 172 valence electrons. The minimum absolute atomic E-state index is 0.0584. The Balaban J connectivity index is 1.93. The molecule has 1 fully saturated rings. The van der Waals surface area contributed by atoms with Crippen LogP contribution in [0.1, 0.15) is 32.6 Å². The normalized spacial score (nSPS) is 22.9. The van der Waals surface area contributed by atoms with E-state index in [2.05, 4.69) is 0 Å². The molecule has 1 aliphatic carbocycles. The Morgan fingerprint density at radius 2 is 1.94 bits per heavy atom. The average molecular weight is 455 g/mol. The first kappa shape index (κ1) is 25.2. The number of carboxylic acid groups (broad SMARTS) is 1. The maximum atomic E-state index is 12.6. The molecule has 0 heterocycles. The molecule has 9 heteroatoms. The smallest absolute Gasteiger partial charge is 0.327 e. The molecule has 1 aromatic rings. The molecule has 5 atom stereocenters. The van der Waals surface area contributed by atoms with Gasteiger partial charge in [0.2, 0.25) is 0 Å². The van der Waals surface area contributed by atoms with Crippen LogP contribution in [0.5, 0.6) is 5.75 Å². The minimum Gasteiger partial charge on any atom is -0.491 e. The molecule has 0 radical (unpaired) electrons. The van der Waals surface area contributed by atoms with Crippen LogP contribution in [0.15, 0.2) is 41.3 Å². The number of ether oxygens (including phenoxy) is 2. The highest BCUT2D eigenvalue weighted by Crippen LogP contribution is 2.39. The summed E-state index contributed by atoms with van der Waals surface area (Å²) in [6.07, 6.45) is 3.38. The van der Waals surface area contributed by atoms with Gasteiger partial charge in [0.25, 0.3) is 0 Å². The van der Waals surface area contributed by atoms with Crippen LogP contribution >= 0.6 is 0 Å². The maximum absolute atomic E-state index is 12.6. The number of aliphatic hydroxyl groups excluding tert-OH is 2. The Morgan fingerprint density at radius 1 is 1.26 bits per heavy atom. The summed E-state index contributed by atoms with van der Waals surface area (Å²) in [6.45, 7) is 1.49. The van der Waals surface area contributed by atoms with Gasteiger partial charge >= 0.3 is 5.97 Å². The van der Waals surface area contributed by atoms with E-state index in [0.717, 1.165) is 6.08 Å². The van der Waals surface area contributed by atoms with E-state index in [9.17, 15) is 24.0 Å². The van der Waals surface area contributed by atoms with E-state index in [-0.39, 0.29) is 25.4 Å². The largest absolute Gasteiger partial charge is 0.491 e. The zero-order chi connectivity index (χ0) is 23.0. The quantitative estimate of drug-likeness (QED) is 0.407. The van der Waals surface area contributed by atoms with Crippen LogP contribution in [0.25, 0.3) is 0 Å². The number of carbonyl (C=O) groups is 2. The molecule has 1 aliphatic rings. The van der Waals surface area contributed by atoms with Gasteiger partial charge in [0.15, 0.2) is 5.78 Å². The molecule has 8 nitrogen and oxygen atoms in total. The Kier molecular flexibility index (Phi) is 9.36. The monoisotopic (exact) mass is 454 g/mol. The second-order valence-electron chi connectivity index (χ2n) is 7.70. The molecule has 0 amide bonds. The highest BCUT2D eigenvalue weighted by molar-refractivity contribution is 7.84. The highest BCUT2D eigenvalue weighted by Gasteiger charge is 2.49. The number of carboxylic acids is 1. The van der Waals surface area contributed by atoms with Crippen molar-refractivity contribution in [1.82, 2.24) is 0 Å². The van der Waals surface area contributed by atoms with Crippen LogP contribution in [-0.4, -0.2) is 68.6 Å². The van der Waals surface area contributed by atoms with E-state index in [1.807, 2.05) is 0 Å². The molecule has 0 saturated heterocycles. The minimum atomic E-state index is -1.22. The van der Waals surface area contributed by atoms with E-state index in [1.54, 1.807) is 37.4 Å². The number of benzene rings is 1. The van der Waals surface area contributed by atoms with E-state index in [1.165, 1.54) is 6.08 Å². The summed E-state index contributed by atoms with van der Waals surface area (Å²) in [5.74, 6) is -1.30. The molecule has 31 heavy (non-hydrogen) atoms. The van der Waals surface area contributed by atoms with Gasteiger partial charge in [-0.15, -0.1) is 0 Å². The molecule has 2 rings (SSSR count). The molecule has 0 aliphatic heterocycles. The molecule has 0 aromatic heterocycles. The Labute approximate surface area is 184 Å². The van der Waals surface area contributed by atoms with Crippen molar-refractivity contribution < 1.29 is 38.6 Å². The summed E-state index contributed by atoms with van der Waals surface area (Å²) in [5.41, 5.74) is -1.22. The SMILES string of the molecule is CC(C(O)CC=CC(=O)O)C1(OCC(O)COc2ccc(S(C)=O)cc2)CCCC1=O. The van der Waals surface area contributed by atoms with Gasteiger partial charge in [0.1, 0.15) is 24.1 Å². The van der Waals surface area contributed by atoms with Crippen molar-refractivity contribution in [3.05, 3.63) is 36.4 Å². The fourth-order valence-corrected chi connectivity index (χ4v) is 4.18. The van der Waals surface area contributed by atoms with E-state index < -0.39 is 40.5 Å². The lowest BCUT2D eigenvalue weighted by Gasteiger charge is -2.37. The zero-order valence-electron chi connectivity index (χ0n) is 17.7. The van der Waals surface area contributed by atoms with Crippen molar-refractivity contribution >= 4 is 22.6 Å². The van der Waals surface area contributed by atoms with Crippen LogP contribution in [0.2, 0.25) is 0 Å². The van der Waals surface area contributed by atoms with Crippen molar-refractivity contribution in [3.8, 4) is 5.75 Å². The number of rotatable bonds is 12. The molecular formula is C22H30O8S. The summed E-state index contributed by atoms with van der Waals surface area (Å²) < 4.78 is 22.8. The molecule has 0 bridgehead atoms. The zero-order valence-corrected chi connectivity index (χ0v) is 18.5. The lowest BCUT2D eigenvalue weighted by molar-refractivity contribution is -0.162. The molecule has 1 saturated carbocycles. The predicted molar refractivity (Wildman–Crippen MR) is 114 cm³/mol. The highest BCUT2D eigenvalue weighted by atomic mass is 32.2. The number of Topliss-reactive ketones (excluding diaryl/α,β-unsaturated/α-hetero) is 1. The Bertz CT molecular complexity index is 806. The van der Waals surface area contributed by atoms with Gasteiger partial charge in [0, 0.05) is 40.4 Å². The van der Waals surface area contributed by atoms with Crippen molar-refractivity contribution in [2.24, 2.45) is 5.92 Å². The second-order valence-corrected chi connectivity index (χ2v) is 9.08. The number of ketones is 1. The summed E-state index contributed by atoms with van der Waals surface area (Å²) in [7, 11) is -1.09. The van der Waals surface area contributed by atoms with Gasteiger partial charge in [-0.2, -0.15) is 0 Å². The second kappa shape index (κ2) is 11.5. The Hall–Kier alpha value is -2.07.